The first-order valence-electron chi connectivity index (χ1n) is 5.50. The number of nitrogens with zero attached hydrogens (tertiary/aromatic N) is 2. The van der Waals surface area contributed by atoms with Gasteiger partial charge in [-0.05, 0) is 20.8 Å². The number of carbonyl (C=O) groups is 1. The van der Waals surface area contributed by atoms with Crippen molar-refractivity contribution in [2.24, 2.45) is 0 Å². The van der Waals surface area contributed by atoms with E-state index in [1.807, 2.05) is 13.8 Å². The highest BCUT2D eigenvalue weighted by atomic mass is 16.5. The Bertz CT molecular complexity index is 369. The van der Waals surface area contributed by atoms with E-state index in [0.29, 0.717) is 18.3 Å². The molecule has 0 atom stereocenters. The average Bonchev–Trinajstić information content (AvgIpc) is 2.26. The second-order valence-electron chi connectivity index (χ2n) is 3.57. The van der Waals surface area contributed by atoms with Crippen molar-refractivity contribution in [1.29, 1.82) is 0 Å². The smallest absolute Gasteiger partial charge is 0.325 e. The maximum absolute atomic E-state index is 11.1. The summed E-state index contributed by atoms with van der Waals surface area (Å²) in [4.78, 5) is 19.2. The number of esters is 1. The molecule has 0 radical (unpaired) electrons. The molecule has 0 aromatic carbocycles. The molecule has 1 rings (SSSR count). The fraction of sp³-hybridized carbons (Fsp3) is 0.545. The Balaban J connectivity index is 2.51. The molecular weight excluding hydrogens is 222 g/mol. The van der Waals surface area contributed by atoms with Crippen molar-refractivity contribution in [3.8, 4) is 5.88 Å². The Morgan fingerprint density at radius 3 is 2.88 bits per heavy atom. The summed E-state index contributed by atoms with van der Waals surface area (Å²) in [5.74, 6) is 0.578. The minimum absolute atomic E-state index is 0.0320. The van der Waals surface area contributed by atoms with Crippen LogP contribution in [0.25, 0.3) is 0 Å². The number of anilines is 1. The van der Waals surface area contributed by atoms with Crippen molar-refractivity contribution in [1.82, 2.24) is 9.97 Å². The van der Waals surface area contributed by atoms with E-state index in [9.17, 15) is 4.79 Å². The van der Waals surface area contributed by atoms with Gasteiger partial charge in [0.2, 0.25) is 5.88 Å². The lowest BCUT2D eigenvalue weighted by atomic mass is 10.5. The highest BCUT2D eigenvalue weighted by Crippen LogP contribution is 2.10. The molecule has 0 aliphatic rings. The summed E-state index contributed by atoms with van der Waals surface area (Å²) < 4.78 is 10.2. The number of rotatable bonds is 6. The van der Waals surface area contributed by atoms with Gasteiger partial charge in [0, 0.05) is 0 Å². The Labute approximate surface area is 100 Å². The van der Waals surface area contributed by atoms with Crippen LogP contribution in [0.1, 0.15) is 20.8 Å². The lowest BCUT2D eigenvalue weighted by Crippen LogP contribution is -2.17. The molecule has 0 bridgehead atoms. The Hall–Kier alpha value is -1.85. The minimum Gasteiger partial charge on any atom is -0.474 e. The normalized spacial score (nSPS) is 10.1. The van der Waals surface area contributed by atoms with E-state index in [2.05, 4.69) is 15.3 Å². The summed E-state index contributed by atoms with van der Waals surface area (Å²) in [6.45, 7) is 5.99. The Kier molecular flexibility index (Phi) is 5.19. The Morgan fingerprint density at radius 1 is 1.47 bits per heavy atom. The predicted octanol–water partition coefficient (Wildman–Crippen LogP) is 1.24. The summed E-state index contributed by atoms with van der Waals surface area (Å²) >= 11 is 0. The summed E-state index contributed by atoms with van der Waals surface area (Å²) in [5, 5.41) is 2.81. The highest BCUT2D eigenvalue weighted by molar-refractivity contribution is 5.74. The molecule has 0 aliphatic heterocycles. The minimum atomic E-state index is -0.329. The van der Waals surface area contributed by atoms with E-state index in [-0.39, 0.29) is 18.6 Å². The van der Waals surface area contributed by atoms with Gasteiger partial charge < -0.3 is 14.8 Å². The molecule has 0 saturated heterocycles. The average molecular weight is 239 g/mol. The van der Waals surface area contributed by atoms with Crippen LogP contribution in [0.2, 0.25) is 0 Å². The molecule has 1 aromatic heterocycles. The predicted molar refractivity (Wildman–Crippen MR) is 62.9 cm³/mol. The lowest BCUT2D eigenvalue weighted by Gasteiger charge is -2.09. The van der Waals surface area contributed by atoms with Gasteiger partial charge >= 0.3 is 5.97 Å². The van der Waals surface area contributed by atoms with Crippen LogP contribution in [0.5, 0.6) is 5.88 Å². The Morgan fingerprint density at radius 2 is 2.24 bits per heavy atom. The van der Waals surface area contributed by atoms with Crippen LogP contribution < -0.4 is 10.1 Å². The van der Waals surface area contributed by atoms with Crippen LogP contribution in [0.3, 0.4) is 0 Å². The molecule has 1 aromatic rings. The molecule has 17 heavy (non-hydrogen) atoms. The summed E-state index contributed by atoms with van der Waals surface area (Å²) in [5.41, 5.74) is 0. The van der Waals surface area contributed by atoms with Crippen LogP contribution in [-0.2, 0) is 9.53 Å². The van der Waals surface area contributed by atoms with Gasteiger partial charge in [-0.3, -0.25) is 9.78 Å². The molecule has 0 fully saturated rings. The quantitative estimate of drug-likeness (QED) is 0.753. The molecule has 6 nitrogen and oxygen atoms in total. The maximum atomic E-state index is 11.1. The van der Waals surface area contributed by atoms with Crippen molar-refractivity contribution < 1.29 is 14.3 Å². The largest absolute Gasteiger partial charge is 0.474 e. The van der Waals surface area contributed by atoms with Crippen LogP contribution in [0, 0.1) is 0 Å². The van der Waals surface area contributed by atoms with E-state index in [0.717, 1.165) is 0 Å². The fourth-order valence-electron chi connectivity index (χ4n) is 1.11. The van der Waals surface area contributed by atoms with Gasteiger partial charge in [-0.2, -0.15) is 4.98 Å². The van der Waals surface area contributed by atoms with Gasteiger partial charge in [0.05, 0.1) is 25.1 Å². The van der Waals surface area contributed by atoms with Crippen molar-refractivity contribution in [2.75, 3.05) is 18.5 Å². The van der Waals surface area contributed by atoms with E-state index < -0.39 is 0 Å². The number of aromatic nitrogens is 2. The van der Waals surface area contributed by atoms with Crippen molar-refractivity contribution in [3.63, 3.8) is 0 Å². The highest BCUT2D eigenvalue weighted by Gasteiger charge is 2.04. The molecule has 0 amide bonds. The monoisotopic (exact) mass is 239 g/mol. The van der Waals surface area contributed by atoms with Crippen LogP contribution in [0.4, 0.5) is 5.82 Å². The molecule has 0 spiro atoms. The van der Waals surface area contributed by atoms with Gasteiger partial charge in [-0.25, -0.2) is 0 Å². The molecule has 0 unspecified atom stereocenters. The maximum Gasteiger partial charge on any atom is 0.325 e. The summed E-state index contributed by atoms with van der Waals surface area (Å²) in [6, 6.07) is 0. The van der Waals surface area contributed by atoms with Gasteiger partial charge in [-0.15, -0.1) is 0 Å². The second-order valence-corrected chi connectivity index (χ2v) is 3.57. The zero-order chi connectivity index (χ0) is 12.7. The molecule has 6 heteroatoms. The van der Waals surface area contributed by atoms with Crippen molar-refractivity contribution in [3.05, 3.63) is 12.4 Å². The standard InChI is InChI=1S/C11H17N3O3/c1-4-16-11(15)7-13-9-5-12-6-10(14-9)17-8(2)3/h5-6,8H,4,7H2,1-3H3,(H,13,14). The van der Waals surface area contributed by atoms with Gasteiger partial charge in [0.25, 0.3) is 0 Å². The number of carbonyl (C=O) groups excluding carboxylic acids is 1. The molecule has 0 saturated carbocycles. The molecule has 94 valence electrons. The van der Waals surface area contributed by atoms with E-state index >= 15 is 0 Å². The van der Waals surface area contributed by atoms with Crippen LogP contribution in [-0.4, -0.2) is 35.2 Å². The number of ether oxygens (including phenoxy) is 2. The molecule has 1 N–H and O–H groups in total. The van der Waals surface area contributed by atoms with Crippen molar-refractivity contribution in [2.45, 2.75) is 26.9 Å². The summed E-state index contributed by atoms with van der Waals surface area (Å²) in [6.07, 6.45) is 3.08. The van der Waals surface area contributed by atoms with Crippen LogP contribution >= 0.6 is 0 Å². The molecule has 0 aliphatic carbocycles. The number of hydrogen-bond acceptors (Lipinski definition) is 6. The van der Waals surface area contributed by atoms with Gasteiger partial charge in [0.1, 0.15) is 12.4 Å². The third-order valence-electron chi connectivity index (χ3n) is 1.69. The first-order chi connectivity index (χ1) is 8.11. The zero-order valence-electron chi connectivity index (χ0n) is 10.3. The third-order valence-corrected chi connectivity index (χ3v) is 1.69. The first-order valence-corrected chi connectivity index (χ1v) is 5.50. The second kappa shape index (κ2) is 6.67. The fourth-order valence-corrected chi connectivity index (χ4v) is 1.11. The topological polar surface area (TPSA) is 73.3 Å². The lowest BCUT2D eigenvalue weighted by molar-refractivity contribution is -0.140. The third kappa shape index (κ3) is 5.14. The van der Waals surface area contributed by atoms with Crippen molar-refractivity contribution >= 4 is 11.8 Å². The van der Waals surface area contributed by atoms with Gasteiger partial charge in [0.15, 0.2) is 0 Å². The van der Waals surface area contributed by atoms with E-state index in [4.69, 9.17) is 9.47 Å². The molecule has 1 heterocycles. The summed E-state index contributed by atoms with van der Waals surface area (Å²) in [7, 11) is 0. The zero-order valence-corrected chi connectivity index (χ0v) is 10.3. The molecular formula is C11H17N3O3. The SMILES string of the molecule is CCOC(=O)CNc1cncc(OC(C)C)n1. The van der Waals surface area contributed by atoms with E-state index in [1.165, 1.54) is 12.4 Å². The van der Waals surface area contributed by atoms with Crippen LogP contribution in [0.15, 0.2) is 12.4 Å². The number of nitrogens with one attached hydrogen (secondary N) is 1. The van der Waals surface area contributed by atoms with E-state index in [1.54, 1.807) is 6.92 Å². The number of hydrogen-bond donors (Lipinski definition) is 1. The van der Waals surface area contributed by atoms with Gasteiger partial charge in [-0.1, -0.05) is 0 Å². The first kappa shape index (κ1) is 13.2.